The van der Waals surface area contributed by atoms with Crippen LogP contribution in [0.1, 0.15) is 22.3 Å². The average molecular weight is 862 g/mol. The zero-order valence-corrected chi connectivity index (χ0v) is 37.3. The second-order valence-electron chi connectivity index (χ2n) is 18.3. The molecule has 0 fully saturated rings. The van der Waals surface area contributed by atoms with Crippen LogP contribution in [0.3, 0.4) is 0 Å². The highest BCUT2D eigenvalue weighted by Crippen LogP contribution is 2.65. The molecule has 1 heteroatoms. The maximum absolute atomic E-state index is 2.57. The van der Waals surface area contributed by atoms with Gasteiger partial charge in [-0.3, -0.25) is 0 Å². The minimum absolute atomic E-state index is 0.543. The van der Waals surface area contributed by atoms with Gasteiger partial charge in [0.2, 0.25) is 0 Å². The molecule has 1 spiro atoms. The molecule has 0 atom stereocenters. The summed E-state index contributed by atoms with van der Waals surface area (Å²) in [5.41, 5.74) is 20.4. The van der Waals surface area contributed by atoms with E-state index in [1.54, 1.807) is 0 Å². The predicted octanol–water partition coefficient (Wildman–Crippen LogP) is 18.0. The van der Waals surface area contributed by atoms with Gasteiger partial charge >= 0.3 is 0 Å². The molecule has 2 aliphatic rings. The van der Waals surface area contributed by atoms with Crippen molar-refractivity contribution in [2.24, 2.45) is 0 Å². The Balaban J connectivity index is 1.03. The number of para-hydroxylation sites is 1. The first kappa shape index (κ1) is 38.5. The van der Waals surface area contributed by atoms with Crippen LogP contribution in [0.2, 0.25) is 0 Å². The lowest BCUT2D eigenvalue weighted by molar-refractivity contribution is 0.793. The van der Waals surface area contributed by atoms with Crippen molar-refractivity contribution in [3.05, 3.63) is 283 Å². The van der Waals surface area contributed by atoms with Gasteiger partial charge in [-0.2, -0.15) is 0 Å². The summed E-state index contributed by atoms with van der Waals surface area (Å²) < 4.78 is 0. The van der Waals surface area contributed by atoms with Crippen molar-refractivity contribution < 1.29 is 0 Å². The Morgan fingerprint density at radius 1 is 0.250 bits per heavy atom. The fourth-order valence-electron chi connectivity index (χ4n) is 12.0. The summed E-state index contributed by atoms with van der Waals surface area (Å²) in [6.45, 7) is 0. The quantitative estimate of drug-likeness (QED) is 0.161. The van der Waals surface area contributed by atoms with E-state index >= 15 is 0 Å². The van der Waals surface area contributed by atoms with E-state index in [-0.39, 0.29) is 0 Å². The van der Waals surface area contributed by atoms with E-state index in [1.807, 2.05) is 0 Å². The summed E-state index contributed by atoms with van der Waals surface area (Å²) in [5, 5.41) is 7.42. The molecule has 1 nitrogen and oxygen atoms in total. The van der Waals surface area contributed by atoms with Gasteiger partial charge in [0, 0.05) is 16.8 Å². The molecule has 14 rings (SSSR count). The standard InChI is InChI=1S/C67H43N/c1-3-19-46-41-49(37-35-44(46)17-1)53-40-39-52(55-24-5-6-25-56(53)55)48-21-15-22-51(43-48)68(64-33-14-10-23-54(64)50-38-36-45-18-2-4-20-47(45)42-50)65-34-16-29-60-59-28-9-13-32-63(59)67(66(60)65)61-30-11-7-26-57(61)58-27-8-12-31-62(58)67/h1-43H. The van der Waals surface area contributed by atoms with E-state index in [0.717, 1.165) is 17.1 Å². The Bertz CT molecular complexity index is 3940. The maximum Gasteiger partial charge on any atom is 0.0746 e. The molecule has 0 amide bonds. The van der Waals surface area contributed by atoms with Crippen LogP contribution in [0.4, 0.5) is 17.1 Å². The molecule has 0 bridgehead atoms. The van der Waals surface area contributed by atoms with Gasteiger partial charge in [0.15, 0.2) is 0 Å². The fourth-order valence-corrected chi connectivity index (χ4v) is 12.0. The normalized spacial score (nSPS) is 12.8. The number of fused-ring (bicyclic) bond motifs is 13. The highest BCUT2D eigenvalue weighted by atomic mass is 15.1. The Morgan fingerprint density at radius 2 is 0.676 bits per heavy atom. The summed E-state index contributed by atoms with van der Waals surface area (Å²) in [6, 6.07) is 97.2. The molecule has 2 aliphatic carbocycles. The van der Waals surface area contributed by atoms with Crippen LogP contribution in [-0.4, -0.2) is 0 Å². The Morgan fingerprint density at radius 3 is 1.28 bits per heavy atom. The van der Waals surface area contributed by atoms with Crippen molar-refractivity contribution in [1.29, 1.82) is 0 Å². The van der Waals surface area contributed by atoms with Crippen LogP contribution < -0.4 is 4.90 Å². The van der Waals surface area contributed by atoms with E-state index in [9.17, 15) is 0 Å². The van der Waals surface area contributed by atoms with Gasteiger partial charge in [0.1, 0.15) is 0 Å². The molecule has 0 saturated carbocycles. The van der Waals surface area contributed by atoms with Gasteiger partial charge in [-0.25, -0.2) is 0 Å². The number of hydrogen-bond acceptors (Lipinski definition) is 1. The molecule has 68 heavy (non-hydrogen) atoms. The van der Waals surface area contributed by atoms with E-state index in [2.05, 4.69) is 266 Å². The molecular formula is C67H43N. The number of rotatable bonds is 6. The van der Waals surface area contributed by atoms with Crippen LogP contribution in [0.5, 0.6) is 0 Å². The number of benzene rings is 12. The van der Waals surface area contributed by atoms with E-state index < -0.39 is 5.41 Å². The third-order valence-corrected chi connectivity index (χ3v) is 14.8. The van der Waals surface area contributed by atoms with Crippen molar-refractivity contribution in [2.75, 3.05) is 4.90 Å². The van der Waals surface area contributed by atoms with Gasteiger partial charge in [-0.05, 0) is 135 Å². The van der Waals surface area contributed by atoms with E-state index in [0.29, 0.717) is 0 Å². The smallest absolute Gasteiger partial charge is 0.0746 e. The third kappa shape index (κ3) is 5.63. The van der Waals surface area contributed by atoms with E-state index in [1.165, 1.54) is 110 Å². The number of nitrogens with zero attached hydrogens (tertiary/aromatic N) is 1. The summed E-state index contributed by atoms with van der Waals surface area (Å²) in [4.78, 5) is 2.57. The maximum atomic E-state index is 2.57. The van der Waals surface area contributed by atoms with Crippen LogP contribution >= 0.6 is 0 Å². The minimum atomic E-state index is -0.543. The van der Waals surface area contributed by atoms with Crippen molar-refractivity contribution in [3.8, 4) is 55.6 Å². The average Bonchev–Trinajstić information content (AvgIpc) is 3.88. The first-order valence-electron chi connectivity index (χ1n) is 23.7. The van der Waals surface area contributed by atoms with Gasteiger partial charge in [-0.1, -0.05) is 224 Å². The Labute approximate surface area is 396 Å². The molecule has 0 heterocycles. The molecular weight excluding hydrogens is 819 g/mol. The SMILES string of the molecule is c1cc(-c2ccc(-c3ccc4ccccc4c3)c3ccccc23)cc(N(c2ccccc2-c2ccc3ccccc3c2)c2cccc3c2C2(c4ccccc4-c4ccccc42)c2ccccc2-3)c1. The number of hydrogen-bond donors (Lipinski definition) is 0. The molecule has 316 valence electrons. The highest BCUT2D eigenvalue weighted by Gasteiger charge is 2.53. The molecule has 0 aromatic heterocycles. The van der Waals surface area contributed by atoms with Crippen LogP contribution in [0.15, 0.2) is 261 Å². The zero-order valence-electron chi connectivity index (χ0n) is 37.3. The Hall–Kier alpha value is -8.78. The molecule has 0 radical (unpaired) electrons. The van der Waals surface area contributed by atoms with Crippen molar-refractivity contribution in [3.63, 3.8) is 0 Å². The molecule has 0 N–H and O–H groups in total. The topological polar surface area (TPSA) is 3.24 Å². The van der Waals surface area contributed by atoms with E-state index in [4.69, 9.17) is 0 Å². The molecule has 0 unspecified atom stereocenters. The second kappa shape index (κ2) is 15.1. The number of anilines is 3. The minimum Gasteiger partial charge on any atom is -0.309 e. The molecule has 0 saturated heterocycles. The van der Waals surface area contributed by atoms with Crippen molar-refractivity contribution >= 4 is 49.4 Å². The molecule has 12 aromatic carbocycles. The lowest BCUT2D eigenvalue weighted by Crippen LogP contribution is -2.28. The summed E-state index contributed by atoms with van der Waals surface area (Å²) in [5.74, 6) is 0. The zero-order chi connectivity index (χ0) is 44.8. The lowest BCUT2D eigenvalue weighted by atomic mass is 9.70. The molecule has 12 aromatic rings. The third-order valence-electron chi connectivity index (χ3n) is 14.8. The first-order valence-corrected chi connectivity index (χ1v) is 23.7. The van der Waals surface area contributed by atoms with Crippen LogP contribution in [-0.2, 0) is 5.41 Å². The lowest BCUT2D eigenvalue weighted by Gasteiger charge is -2.36. The van der Waals surface area contributed by atoms with Gasteiger partial charge in [-0.15, -0.1) is 0 Å². The molecule has 0 aliphatic heterocycles. The van der Waals surface area contributed by atoms with Crippen LogP contribution in [0.25, 0.3) is 88.0 Å². The van der Waals surface area contributed by atoms with Crippen LogP contribution in [0, 0.1) is 0 Å². The van der Waals surface area contributed by atoms with Gasteiger partial charge in [0.25, 0.3) is 0 Å². The largest absolute Gasteiger partial charge is 0.309 e. The second-order valence-corrected chi connectivity index (χ2v) is 18.3. The highest BCUT2D eigenvalue weighted by molar-refractivity contribution is 6.07. The monoisotopic (exact) mass is 861 g/mol. The van der Waals surface area contributed by atoms with Gasteiger partial charge in [0.05, 0.1) is 16.8 Å². The Kier molecular flexibility index (Phi) is 8.57. The summed E-state index contributed by atoms with van der Waals surface area (Å²) in [6.07, 6.45) is 0. The van der Waals surface area contributed by atoms with Crippen molar-refractivity contribution in [2.45, 2.75) is 5.41 Å². The summed E-state index contributed by atoms with van der Waals surface area (Å²) in [7, 11) is 0. The fraction of sp³-hybridized carbons (Fsp3) is 0.0149. The first-order chi connectivity index (χ1) is 33.7. The van der Waals surface area contributed by atoms with Crippen molar-refractivity contribution in [1.82, 2.24) is 0 Å². The summed E-state index contributed by atoms with van der Waals surface area (Å²) >= 11 is 0. The predicted molar refractivity (Wildman–Crippen MR) is 286 cm³/mol. The van der Waals surface area contributed by atoms with Gasteiger partial charge < -0.3 is 4.90 Å².